The van der Waals surface area contributed by atoms with Crippen molar-refractivity contribution in [2.45, 2.75) is 6.10 Å². The molecule has 0 aliphatic heterocycles. The number of fused-ring (bicyclic) bond motifs is 1. The summed E-state index contributed by atoms with van der Waals surface area (Å²) in [4.78, 5) is 7.12. The summed E-state index contributed by atoms with van der Waals surface area (Å²) >= 11 is 0. The van der Waals surface area contributed by atoms with E-state index in [-0.39, 0.29) is 0 Å². The summed E-state index contributed by atoms with van der Waals surface area (Å²) in [6, 6.07) is 11.6. The summed E-state index contributed by atoms with van der Waals surface area (Å²) in [6.45, 7) is 0. The van der Waals surface area contributed by atoms with Gasteiger partial charge in [-0.25, -0.2) is 0 Å². The molecule has 2 aromatic heterocycles. The number of para-hydroxylation sites is 1. The summed E-state index contributed by atoms with van der Waals surface area (Å²) in [5.74, 6) is 0. The summed E-state index contributed by atoms with van der Waals surface area (Å²) in [5.41, 5.74) is 2.78. The Kier molecular flexibility index (Phi) is 2.38. The maximum atomic E-state index is 10.3. The van der Waals surface area contributed by atoms with Crippen molar-refractivity contribution in [1.29, 1.82) is 0 Å². The number of hydrogen-bond donors (Lipinski definition) is 2. The number of rotatable bonds is 2. The number of benzene rings is 1. The van der Waals surface area contributed by atoms with Crippen LogP contribution in [0.4, 0.5) is 0 Å². The number of aliphatic hydroxyl groups excluding tert-OH is 1. The Bertz CT molecular complexity index is 631. The third-order valence-corrected chi connectivity index (χ3v) is 2.94. The number of aliphatic hydroxyl groups is 1. The Hall–Kier alpha value is -2.13. The molecule has 0 bridgehead atoms. The molecule has 17 heavy (non-hydrogen) atoms. The van der Waals surface area contributed by atoms with Crippen LogP contribution in [0.2, 0.25) is 0 Å². The maximum absolute atomic E-state index is 10.3. The number of pyridine rings is 1. The fraction of sp³-hybridized carbons (Fsp3) is 0.0714. The summed E-state index contributed by atoms with van der Waals surface area (Å²) < 4.78 is 0. The SMILES string of the molecule is O[C@@H](c1ccncc1)c1c[nH]c2ccccc12. The van der Waals surface area contributed by atoms with Crippen LogP contribution in [0.25, 0.3) is 10.9 Å². The van der Waals surface area contributed by atoms with Gasteiger partial charge in [0, 0.05) is 35.1 Å². The molecule has 1 atom stereocenters. The second-order valence-corrected chi connectivity index (χ2v) is 3.97. The Balaban J connectivity index is 2.10. The van der Waals surface area contributed by atoms with Gasteiger partial charge in [0.15, 0.2) is 0 Å². The van der Waals surface area contributed by atoms with Crippen molar-refractivity contribution in [1.82, 2.24) is 9.97 Å². The number of nitrogens with zero attached hydrogens (tertiary/aromatic N) is 1. The van der Waals surface area contributed by atoms with Gasteiger partial charge in [0.2, 0.25) is 0 Å². The van der Waals surface area contributed by atoms with Gasteiger partial charge < -0.3 is 10.1 Å². The van der Waals surface area contributed by atoms with Crippen molar-refractivity contribution in [3.8, 4) is 0 Å². The molecule has 1 aromatic carbocycles. The standard InChI is InChI=1S/C14H12N2O/c17-14(10-5-7-15-8-6-10)12-9-16-13-4-2-1-3-11(12)13/h1-9,14,16-17H/t14-/m0/s1. The van der Waals surface area contributed by atoms with Gasteiger partial charge in [0.05, 0.1) is 0 Å². The first-order valence-electron chi connectivity index (χ1n) is 5.50. The molecule has 3 nitrogen and oxygen atoms in total. The Labute approximate surface area is 98.8 Å². The van der Waals surface area contributed by atoms with E-state index >= 15 is 0 Å². The predicted octanol–water partition coefficient (Wildman–Crippen LogP) is 2.64. The second kappa shape index (κ2) is 4.03. The van der Waals surface area contributed by atoms with Crippen molar-refractivity contribution in [2.24, 2.45) is 0 Å². The highest BCUT2D eigenvalue weighted by Gasteiger charge is 2.14. The van der Waals surface area contributed by atoms with Gasteiger partial charge >= 0.3 is 0 Å². The first-order valence-corrected chi connectivity index (χ1v) is 5.50. The molecule has 0 aliphatic rings. The molecule has 0 radical (unpaired) electrons. The van der Waals surface area contributed by atoms with Gasteiger partial charge in [0.25, 0.3) is 0 Å². The molecule has 0 saturated carbocycles. The number of nitrogens with one attached hydrogen (secondary N) is 1. The molecule has 0 amide bonds. The lowest BCUT2D eigenvalue weighted by Crippen LogP contribution is -1.98. The fourth-order valence-corrected chi connectivity index (χ4v) is 2.05. The van der Waals surface area contributed by atoms with Gasteiger partial charge in [-0.1, -0.05) is 18.2 Å². The highest BCUT2D eigenvalue weighted by molar-refractivity contribution is 5.83. The molecule has 3 rings (SSSR count). The van der Waals surface area contributed by atoms with E-state index in [9.17, 15) is 5.11 Å². The van der Waals surface area contributed by atoms with Crippen LogP contribution in [0.15, 0.2) is 55.0 Å². The molecular weight excluding hydrogens is 212 g/mol. The molecular formula is C14H12N2O. The zero-order valence-electron chi connectivity index (χ0n) is 9.17. The molecule has 2 N–H and O–H groups in total. The lowest BCUT2D eigenvalue weighted by Gasteiger charge is -2.09. The van der Waals surface area contributed by atoms with Crippen LogP contribution in [0.5, 0.6) is 0 Å². The van der Waals surface area contributed by atoms with E-state index in [1.165, 1.54) is 0 Å². The van der Waals surface area contributed by atoms with E-state index in [1.807, 2.05) is 42.6 Å². The van der Waals surface area contributed by atoms with Crippen molar-refractivity contribution in [3.63, 3.8) is 0 Å². The normalized spacial score (nSPS) is 12.8. The Morgan fingerprint density at radius 2 is 1.82 bits per heavy atom. The minimum Gasteiger partial charge on any atom is -0.384 e. The van der Waals surface area contributed by atoms with Gasteiger partial charge in [-0.2, -0.15) is 0 Å². The van der Waals surface area contributed by atoms with E-state index in [0.717, 1.165) is 22.0 Å². The average Bonchev–Trinajstić information content (AvgIpc) is 2.83. The van der Waals surface area contributed by atoms with E-state index < -0.39 is 6.10 Å². The molecule has 0 fully saturated rings. The van der Waals surface area contributed by atoms with Gasteiger partial charge in [-0.15, -0.1) is 0 Å². The smallest absolute Gasteiger partial charge is 0.106 e. The monoisotopic (exact) mass is 224 g/mol. The summed E-state index contributed by atoms with van der Waals surface area (Å²) in [5, 5.41) is 11.4. The lowest BCUT2D eigenvalue weighted by molar-refractivity contribution is 0.222. The van der Waals surface area contributed by atoms with Crippen molar-refractivity contribution >= 4 is 10.9 Å². The minimum atomic E-state index is -0.617. The van der Waals surface area contributed by atoms with Gasteiger partial charge in [-0.3, -0.25) is 4.98 Å². The molecule has 0 saturated heterocycles. The number of aromatic amines is 1. The van der Waals surface area contributed by atoms with Crippen molar-refractivity contribution in [2.75, 3.05) is 0 Å². The zero-order chi connectivity index (χ0) is 11.7. The highest BCUT2D eigenvalue weighted by atomic mass is 16.3. The number of aromatic nitrogens is 2. The van der Waals surface area contributed by atoms with Crippen LogP contribution in [-0.2, 0) is 0 Å². The van der Waals surface area contributed by atoms with Crippen LogP contribution in [0.1, 0.15) is 17.2 Å². The first kappa shape index (κ1) is 10.1. The van der Waals surface area contributed by atoms with Gasteiger partial charge in [-0.05, 0) is 23.8 Å². The zero-order valence-corrected chi connectivity index (χ0v) is 9.17. The summed E-state index contributed by atoms with van der Waals surface area (Å²) in [7, 11) is 0. The number of hydrogen-bond acceptors (Lipinski definition) is 2. The highest BCUT2D eigenvalue weighted by Crippen LogP contribution is 2.28. The molecule has 3 aromatic rings. The van der Waals surface area contributed by atoms with Crippen LogP contribution in [0, 0.1) is 0 Å². The molecule has 0 spiro atoms. The van der Waals surface area contributed by atoms with Crippen LogP contribution >= 0.6 is 0 Å². The fourth-order valence-electron chi connectivity index (χ4n) is 2.05. The average molecular weight is 224 g/mol. The Morgan fingerprint density at radius 1 is 1.06 bits per heavy atom. The third kappa shape index (κ3) is 1.70. The quantitative estimate of drug-likeness (QED) is 0.703. The Morgan fingerprint density at radius 3 is 2.65 bits per heavy atom. The second-order valence-electron chi connectivity index (χ2n) is 3.97. The van der Waals surface area contributed by atoms with Gasteiger partial charge in [0.1, 0.15) is 6.10 Å². The van der Waals surface area contributed by atoms with Crippen LogP contribution in [-0.4, -0.2) is 15.1 Å². The first-order chi connectivity index (χ1) is 8.36. The van der Waals surface area contributed by atoms with E-state index in [2.05, 4.69) is 9.97 Å². The predicted molar refractivity (Wildman–Crippen MR) is 66.6 cm³/mol. The molecule has 2 heterocycles. The largest absolute Gasteiger partial charge is 0.384 e. The lowest BCUT2D eigenvalue weighted by atomic mass is 10.0. The molecule has 0 aliphatic carbocycles. The van der Waals surface area contributed by atoms with Crippen molar-refractivity contribution < 1.29 is 5.11 Å². The minimum absolute atomic E-state index is 0.617. The van der Waals surface area contributed by atoms with Crippen LogP contribution in [0.3, 0.4) is 0 Å². The maximum Gasteiger partial charge on any atom is 0.106 e. The third-order valence-electron chi connectivity index (χ3n) is 2.94. The molecule has 84 valence electrons. The van der Waals surface area contributed by atoms with E-state index in [0.29, 0.717) is 0 Å². The molecule has 3 heteroatoms. The van der Waals surface area contributed by atoms with Crippen molar-refractivity contribution in [3.05, 3.63) is 66.1 Å². The molecule has 0 unspecified atom stereocenters. The number of H-pyrrole nitrogens is 1. The summed E-state index contributed by atoms with van der Waals surface area (Å²) in [6.07, 6.45) is 4.62. The van der Waals surface area contributed by atoms with E-state index in [4.69, 9.17) is 0 Å². The van der Waals surface area contributed by atoms with Crippen LogP contribution < -0.4 is 0 Å². The van der Waals surface area contributed by atoms with E-state index in [1.54, 1.807) is 12.4 Å². The topological polar surface area (TPSA) is 48.9 Å².